The summed E-state index contributed by atoms with van der Waals surface area (Å²) in [5.41, 5.74) is 2.12. The van der Waals surface area contributed by atoms with Gasteiger partial charge in [-0.05, 0) is 35.4 Å². The van der Waals surface area contributed by atoms with Crippen molar-refractivity contribution >= 4 is 34.3 Å². The van der Waals surface area contributed by atoms with Crippen molar-refractivity contribution in [1.29, 1.82) is 0 Å². The van der Waals surface area contributed by atoms with Crippen LogP contribution < -0.4 is 0 Å². The lowest BCUT2D eigenvalue weighted by Crippen LogP contribution is -2.05. The lowest BCUT2D eigenvalue weighted by Gasteiger charge is -2.06. The van der Waals surface area contributed by atoms with E-state index in [0.29, 0.717) is 12.5 Å². The molecule has 7 heteroatoms. The van der Waals surface area contributed by atoms with E-state index in [2.05, 4.69) is 33.8 Å². The van der Waals surface area contributed by atoms with Gasteiger partial charge in [0.1, 0.15) is 5.82 Å². The minimum absolute atomic E-state index is 0.345. The molecule has 0 spiro atoms. The molecular weight excluding hydrogens is 316 g/mol. The van der Waals surface area contributed by atoms with Crippen molar-refractivity contribution in [2.75, 3.05) is 13.7 Å². The Hall–Kier alpha value is -1.44. The fourth-order valence-electron chi connectivity index (χ4n) is 2.10. The van der Waals surface area contributed by atoms with Crippen LogP contribution in [0.25, 0.3) is 11.0 Å². The Balaban J connectivity index is 1.94. The second-order valence-corrected chi connectivity index (χ2v) is 7.17. The Morgan fingerprint density at radius 3 is 2.82 bits per heavy atom. The predicted molar refractivity (Wildman–Crippen MR) is 89.7 cm³/mol. The third kappa shape index (κ3) is 3.16. The number of ether oxygens (including phenoxy) is 1. The highest BCUT2D eigenvalue weighted by atomic mass is 32.2. The molecule has 0 fully saturated rings. The van der Waals surface area contributed by atoms with Crippen LogP contribution in [0.5, 0.6) is 0 Å². The molecule has 0 aliphatic heterocycles. The van der Waals surface area contributed by atoms with Crippen LogP contribution in [0, 0.1) is 0 Å². The molecule has 0 bridgehead atoms. The number of hydrogen-bond donors (Lipinski definition) is 0. The van der Waals surface area contributed by atoms with Gasteiger partial charge in [0.2, 0.25) is 0 Å². The third-order valence-corrected chi connectivity index (χ3v) is 5.02. The molecule has 2 aromatic heterocycles. The number of hydrogen-bond acceptors (Lipinski definition) is 6. The number of rotatable bonds is 6. The van der Waals surface area contributed by atoms with E-state index in [0.717, 1.165) is 32.9 Å². The van der Waals surface area contributed by atoms with Gasteiger partial charge in [-0.25, -0.2) is 9.97 Å². The molecule has 116 valence electrons. The third-order valence-electron chi connectivity index (χ3n) is 3.26. The SMILES string of the molecule is COCCn1c(Sc2nc(C(C)C)ns2)nc2ccccc21. The summed E-state index contributed by atoms with van der Waals surface area (Å²) in [5, 5.41) is 0.935. The number of benzene rings is 1. The van der Waals surface area contributed by atoms with E-state index in [1.165, 1.54) is 11.5 Å². The average Bonchev–Trinajstić information content (AvgIpc) is 3.10. The van der Waals surface area contributed by atoms with Gasteiger partial charge < -0.3 is 9.30 Å². The fourth-order valence-corrected chi connectivity index (χ4v) is 3.89. The summed E-state index contributed by atoms with van der Waals surface area (Å²) in [6.07, 6.45) is 0. The van der Waals surface area contributed by atoms with E-state index >= 15 is 0 Å². The summed E-state index contributed by atoms with van der Waals surface area (Å²) in [7, 11) is 1.71. The molecule has 2 heterocycles. The van der Waals surface area contributed by atoms with Crippen molar-refractivity contribution in [3.8, 4) is 0 Å². The van der Waals surface area contributed by atoms with Crippen LogP contribution in [0.1, 0.15) is 25.6 Å². The number of para-hydroxylation sites is 2. The van der Waals surface area contributed by atoms with Gasteiger partial charge in [-0.15, -0.1) is 0 Å². The fraction of sp³-hybridized carbons (Fsp3) is 0.400. The zero-order valence-electron chi connectivity index (χ0n) is 12.8. The maximum Gasteiger partial charge on any atom is 0.177 e. The van der Waals surface area contributed by atoms with Gasteiger partial charge in [0.25, 0.3) is 0 Å². The van der Waals surface area contributed by atoms with Crippen LogP contribution in [-0.4, -0.2) is 32.6 Å². The average molecular weight is 334 g/mol. The molecule has 3 aromatic rings. The van der Waals surface area contributed by atoms with Crippen LogP contribution in [0.3, 0.4) is 0 Å². The summed E-state index contributed by atoms with van der Waals surface area (Å²) in [4.78, 5) is 9.31. The second kappa shape index (κ2) is 6.76. The molecule has 0 N–H and O–H groups in total. The molecule has 5 nitrogen and oxygen atoms in total. The summed E-state index contributed by atoms with van der Waals surface area (Å²) >= 11 is 3.00. The highest BCUT2D eigenvalue weighted by Gasteiger charge is 2.15. The van der Waals surface area contributed by atoms with Crippen LogP contribution in [0.4, 0.5) is 0 Å². The number of aromatic nitrogens is 4. The van der Waals surface area contributed by atoms with E-state index in [1.807, 2.05) is 18.2 Å². The lowest BCUT2D eigenvalue weighted by atomic mass is 10.2. The molecule has 0 saturated heterocycles. The van der Waals surface area contributed by atoms with Gasteiger partial charge in [0.05, 0.1) is 17.6 Å². The lowest BCUT2D eigenvalue weighted by molar-refractivity contribution is 0.186. The number of imidazole rings is 1. The van der Waals surface area contributed by atoms with Gasteiger partial charge in [-0.1, -0.05) is 26.0 Å². The van der Waals surface area contributed by atoms with Crippen molar-refractivity contribution < 1.29 is 4.74 Å². The molecule has 0 radical (unpaired) electrons. The molecule has 0 aliphatic rings. The Bertz CT molecular complexity index is 766. The van der Waals surface area contributed by atoms with Crippen molar-refractivity contribution in [1.82, 2.24) is 18.9 Å². The molecule has 0 aliphatic carbocycles. The number of nitrogens with zero attached hydrogens (tertiary/aromatic N) is 4. The molecule has 1 aromatic carbocycles. The quantitative estimate of drug-likeness (QED) is 0.686. The second-order valence-electron chi connectivity index (χ2n) is 5.20. The Labute approximate surface area is 137 Å². The first-order chi connectivity index (χ1) is 10.7. The zero-order valence-corrected chi connectivity index (χ0v) is 14.4. The van der Waals surface area contributed by atoms with E-state index in [1.54, 1.807) is 18.9 Å². The molecule has 3 rings (SSSR count). The molecule has 0 atom stereocenters. The standard InChI is InChI=1S/C15H18N4OS2/c1-10(2)13-17-15(22-18-13)21-14-16-11-6-4-5-7-12(11)19(14)8-9-20-3/h4-7,10H,8-9H2,1-3H3. The molecular formula is C15H18N4OS2. The highest BCUT2D eigenvalue weighted by Crippen LogP contribution is 2.32. The maximum absolute atomic E-state index is 5.22. The van der Waals surface area contributed by atoms with Gasteiger partial charge in [-0.3, -0.25) is 0 Å². The van der Waals surface area contributed by atoms with Crippen LogP contribution in [0.2, 0.25) is 0 Å². The molecule has 22 heavy (non-hydrogen) atoms. The van der Waals surface area contributed by atoms with Crippen molar-refractivity contribution in [3.05, 3.63) is 30.1 Å². The minimum Gasteiger partial charge on any atom is -0.383 e. The summed E-state index contributed by atoms with van der Waals surface area (Å²) in [6, 6.07) is 8.15. The Morgan fingerprint density at radius 2 is 2.09 bits per heavy atom. The van der Waals surface area contributed by atoms with Gasteiger partial charge >= 0.3 is 0 Å². The Morgan fingerprint density at radius 1 is 1.27 bits per heavy atom. The van der Waals surface area contributed by atoms with E-state index < -0.39 is 0 Å². The molecule has 0 amide bonds. The number of methoxy groups -OCH3 is 1. The van der Waals surface area contributed by atoms with Crippen LogP contribution >= 0.6 is 23.3 Å². The first kappa shape index (κ1) is 15.5. The van der Waals surface area contributed by atoms with Gasteiger partial charge in [0.15, 0.2) is 9.50 Å². The normalized spacial score (nSPS) is 11.6. The van der Waals surface area contributed by atoms with Crippen LogP contribution in [0.15, 0.2) is 33.8 Å². The van der Waals surface area contributed by atoms with Crippen molar-refractivity contribution in [3.63, 3.8) is 0 Å². The van der Waals surface area contributed by atoms with Gasteiger partial charge in [0, 0.05) is 19.6 Å². The summed E-state index contributed by atoms with van der Waals surface area (Å²) in [6.45, 7) is 5.63. The first-order valence-corrected chi connectivity index (χ1v) is 8.73. The van der Waals surface area contributed by atoms with E-state index in [4.69, 9.17) is 9.72 Å². The maximum atomic E-state index is 5.22. The molecule has 0 saturated carbocycles. The zero-order chi connectivity index (χ0) is 15.5. The first-order valence-electron chi connectivity index (χ1n) is 7.14. The highest BCUT2D eigenvalue weighted by molar-refractivity contribution is 8.00. The van der Waals surface area contributed by atoms with E-state index in [-0.39, 0.29) is 0 Å². The van der Waals surface area contributed by atoms with E-state index in [9.17, 15) is 0 Å². The van der Waals surface area contributed by atoms with Crippen molar-refractivity contribution in [2.45, 2.75) is 35.8 Å². The van der Waals surface area contributed by atoms with Crippen molar-refractivity contribution in [2.24, 2.45) is 0 Å². The smallest absolute Gasteiger partial charge is 0.177 e. The Kier molecular flexibility index (Phi) is 4.75. The largest absolute Gasteiger partial charge is 0.383 e. The van der Waals surface area contributed by atoms with Crippen LogP contribution in [-0.2, 0) is 11.3 Å². The summed E-state index contributed by atoms with van der Waals surface area (Å²) in [5.74, 6) is 1.24. The monoisotopic (exact) mass is 334 g/mol. The minimum atomic E-state index is 0.345. The molecule has 0 unspecified atom stereocenters. The topological polar surface area (TPSA) is 52.8 Å². The summed E-state index contributed by atoms with van der Waals surface area (Å²) < 4.78 is 12.7. The van der Waals surface area contributed by atoms with Gasteiger partial charge in [-0.2, -0.15) is 4.37 Å². The number of fused-ring (bicyclic) bond motifs is 1. The predicted octanol–water partition coefficient (Wildman–Crippen LogP) is 3.81.